The molecule has 2 aliphatic rings. The van der Waals surface area contributed by atoms with Crippen molar-refractivity contribution in [2.75, 3.05) is 18.0 Å². The van der Waals surface area contributed by atoms with Crippen molar-refractivity contribution in [1.82, 2.24) is 4.31 Å². The van der Waals surface area contributed by atoms with Crippen LogP contribution in [-0.4, -0.2) is 37.8 Å². The second-order valence-corrected chi connectivity index (χ2v) is 11.5. The maximum absolute atomic E-state index is 13.3. The molecule has 0 spiro atoms. The Hall–Kier alpha value is -1.12. The number of halogens is 3. The van der Waals surface area contributed by atoms with Crippen LogP contribution in [0, 0.1) is 5.92 Å². The Labute approximate surface area is 195 Å². The molecule has 2 aromatic carbocycles. The first-order valence-corrected chi connectivity index (χ1v) is 12.7. The third-order valence-electron chi connectivity index (χ3n) is 5.81. The van der Waals surface area contributed by atoms with Gasteiger partial charge in [0.05, 0.1) is 5.02 Å². The second kappa shape index (κ2) is 8.43. The quantitative estimate of drug-likeness (QED) is 0.551. The van der Waals surface area contributed by atoms with Gasteiger partial charge in [-0.2, -0.15) is 4.31 Å². The zero-order chi connectivity index (χ0) is 21.6. The lowest BCUT2D eigenvalue weighted by Gasteiger charge is -2.34. The van der Waals surface area contributed by atoms with Crippen molar-refractivity contribution in [2.24, 2.45) is 5.92 Å². The van der Waals surface area contributed by atoms with Gasteiger partial charge >= 0.3 is 0 Å². The first-order valence-electron chi connectivity index (χ1n) is 9.75. The lowest BCUT2D eigenvalue weighted by molar-refractivity contribution is -0.123. The summed E-state index contributed by atoms with van der Waals surface area (Å²) in [7, 11) is -3.76. The number of benzene rings is 2. The van der Waals surface area contributed by atoms with Crippen molar-refractivity contribution in [1.29, 1.82) is 0 Å². The molecule has 1 fully saturated rings. The number of nitrogens with zero attached hydrogens (tertiary/aromatic N) is 2. The molecule has 1 unspecified atom stereocenters. The summed E-state index contributed by atoms with van der Waals surface area (Å²) in [5, 5.41) is 0.461. The summed E-state index contributed by atoms with van der Waals surface area (Å²) in [6.45, 7) is 2.60. The average Bonchev–Trinajstić information content (AvgIpc) is 3.04. The number of amides is 1. The summed E-state index contributed by atoms with van der Waals surface area (Å²) in [4.78, 5) is 15.2. The van der Waals surface area contributed by atoms with Gasteiger partial charge in [-0.3, -0.25) is 4.79 Å². The predicted molar refractivity (Wildman–Crippen MR) is 123 cm³/mol. The Morgan fingerprint density at radius 1 is 1.10 bits per heavy atom. The van der Waals surface area contributed by atoms with E-state index in [4.69, 9.17) is 23.2 Å². The first kappa shape index (κ1) is 22.1. The summed E-state index contributed by atoms with van der Waals surface area (Å²) >= 11 is 15.6. The minimum atomic E-state index is -3.76. The molecule has 2 heterocycles. The van der Waals surface area contributed by atoms with Gasteiger partial charge in [-0.25, -0.2) is 8.42 Å². The van der Waals surface area contributed by atoms with Crippen LogP contribution in [-0.2, 0) is 21.2 Å². The molecule has 1 amide bonds. The van der Waals surface area contributed by atoms with E-state index in [1.807, 2.05) is 24.0 Å². The third kappa shape index (κ3) is 4.02. The van der Waals surface area contributed by atoms with Crippen LogP contribution < -0.4 is 4.90 Å². The molecule has 160 valence electrons. The summed E-state index contributed by atoms with van der Waals surface area (Å²) < 4.78 is 28.4. The average molecular weight is 532 g/mol. The standard InChI is InChI=1S/C21H21BrCl2N2O3S/c1-13-10-15-11-16(22)2-5-19(15)26(13)21(27)14-6-8-25(9-7-14)30(28,29)20-12-17(23)3-4-18(20)24/h2-5,11-14H,6-10H2,1H3. The van der Waals surface area contributed by atoms with Crippen LogP contribution in [0.5, 0.6) is 0 Å². The smallest absolute Gasteiger partial charge is 0.244 e. The molecule has 2 aliphatic heterocycles. The van der Waals surface area contributed by atoms with Gasteiger partial charge in [-0.05, 0) is 68.1 Å². The summed E-state index contributed by atoms with van der Waals surface area (Å²) in [5.41, 5.74) is 2.11. The van der Waals surface area contributed by atoms with Gasteiger partial charge in [-0.1, -0.05) is 39.1 Å². The van der Waals surface area contributed by atoms with Crippen molar-refractivity contribution in [3.05, 3.63) is 56.5 Å². The van der Waals surface area contributed by atoms with E-state index < -0.39 is 10.0 Å². The van der Waals surface area contributed by atoms with E-state index in [2.05, 4.69) is 22.0 Å². The van der Waals surface area contributed by atoms with Gasteiger partial charge in [0.1, 0.15) is 4.90 Å². The Morgan fingerprint density at radius 2 is 1.80 bits per heavy atom. The minimum absolute atomic E-state index is 0.00844. The molecule has 1 saturated heterocycles. The highest BCUT2D eigenvalue weighted by atomic mass is 79.9. The van der Waals surface area contributed by atoms with Crippen LogP contribution in [0.1, 0.15) is 25.3 Å². The van der Waals surface area contributed by atoms with Crippen LogP contribution in [0.4, 0.5) is 5.69 Å². The molecule has 2 aromatic rings. The highest BCUT2D eigenvalue weighted by Crippen LogP contribution is 2.37. The number of hydrogen-bond acceptors (Lipinski definition) is 3. The minimum Gasteiger partial charge on any atom is -0.309 e. The number of piperidine rings is 1. The van der Waals surface area contributed by atoms with Crippen LogP contribution in [0.25, 0.3) is 0 Å². The Bertz CT molecular complexity index is 1100. The van der Waals surface area contributed by atoms with E-state index in [0.29, 0.717) is 17.9 Å². The van der Waals surface area contributed by atoms with E-state index in [1.54, 1.807) is 6.07 Å². The van der Waals surface area contributed by atoms with Gasteiger partial charge in [-0.15, -0.1) is 0 Å². The van der Waals surface area contributed by atoms with Gasteiger partial charge in [0.25, 0.3) is 0 Å². The van der Waals surface area contributed by atoms with E-state index in [0.717, 1.165) is 22.1 Å². The molecular formula is C21H21BrCl2N2O3S. The third-order valence-corrected chi connectivity index (χ3v) is 8.92. The predicted octanol–water partition coefficient (Wildman–Crippen LogP) is 5.13. The van der Waals surface area contributed by atoms with Crippen molar-refractivity contribution in [2.45, 2.75) is 37.1 Å². The first-order chi connectivity index (χ1) is 14.2. The largest absolute Gasteiger partial charge is 0.309 e. The molecule has 5 nitrogen and oxygen atoms in total. The van der Waals surface area contributed by atoms with E-state index in [-0.39, 0.29) is 40.9 Å². The molecule has 9 heteroatoms. The normalized spacial score (nSPS) is 20.4. The lowest BCUT2D eigenvalue weighted by atomic mass is 9.96. The van der Waals surface area contributed by atoms with Crippen LogP contribution in [0.2, 0.25) is 10.0 Å². The molecule has 0 N–H and O–H groups in total. The molecule has 0 saturated carbocycles. The highest BCUT2D eigenvalue weighted by Gasteiger charge is 2.38. The van der Waals surface area contributed by atoms with Crippen molar-refractivity contribution < 1.29 is 13.2 Å². The van der Waals surface area contributed by atoms with Crippen LogP contribution in [0.3, 0.4) is 0 Å². The van der Waals surface area contributed by atoms with Gasteiger partial charge in [0, 0.05) is 40.2 Å². The maximum Gasteiger partial charge on any atom is 0.244 e. The molecule has 1 atom stereocenters. The summed E-state index contributed by atoms with van der Waals surface area (Å²) in [6, 6.07) is 10.5. The number of carbonyl (C=O) groups excluding carboxylic acids is 1. The fourth-order valence-electron chi connectivity index (χ4n) is 4.29. The Morgan fingerprint density at radius 3 is 2.50 bits per heavy atom. The molecule has 0 radical (unpaired) electrons. The maximum atomic E-state index is 13.3. The van der Waals surface area contributed by atoms with Crippen LogP contribution in [0.15, 0.2) is 45.8 Å². The van der Waals surface area contributed by atoms with Gasteiger partial charge in [0.15, 0.2) is 0 Å². The van der Waals surface area contributed by atoms with Gasteiger partial charge < -0.3 is 4.90 Å². The fraction of sp³-hybridized carbons (Fsp3) is 0.381. The van der Waals surface area contributed by atoms with Crippen LogP contribution >= 0.6 is 39.1 Å². The number of carbonyl (C=O) groups is 1. The second-order valence-electron chi connectivity index (χ2n) is 7.79. The number of rotatable bonds is 3. The van der Waals surface area contributed by atoms with Crippen molar-refractivity contribution >= 4 is 60.7 Å². The monoisotopic (exact) mass is 530 g/mol. The molecule has 30 heavy (non-hydrogen) atoms. The number of anilines is 1. The summed E-state index contributed by atoms with van der Waals surface area (Å²) in [5.74, 6) is -0.135. The van der Waals surface area contributed by atoms with Crippen molar-refractivity contribution in [3.8, 4) is 0 Å². The molecular weight excluding hydrogens is 511 g/mol. The van der Waals surface area contributed by atoms with Crippen molar-refractivity contribution in [3.63, 3.8) is 0 Å². The highest BCUT2D eigenvalue weighted by molar-refractivity contribution is 9.10. The number of sulfonamides is 1. The zero-order valence-corrected chi connectivity index (χ0v) is 20.2. The number of hydrogen-bond donors (Lipinski definition) is 0. The van der Waals surface area contributed by atoms with E-state index >= 15 is 0 Å². The topological polar surface area (TPSA) is 57.7 Å². The zero-order valence-electron chi connectivity index (χ0n) is 16.3. The molecule has 0 aliphatic carbocycles. The Kier molecular flexibility index (Phi) is 6.21. The van der Waals surface area contributed by atoms with Gasteiger partial charge in [0.2, 0.25) is 15.9 Å². The SMILES string of the molecule is CC1Cc2cc(Br)ccc2N1C(=O)C1CCN(S(=O)(=O)c2cc(Cl)ccc2Cl)CC1. The molecule has 4 rings (SSSR count). The Balaban J connectivity index is 1.49. The molecule has 0 bridgehead atoms. The summed E-state index contributed by atoms with van der Waals surface area (Å²) in [6.07, 6.45) is 1.78. The lowest BCUT2D eigenvalue weighted by Crippen LogP contribution is -2.46. The molecule has 0 aromatic heterocycles. The van der Waals surface area contributed by atoms with E-state index in [9.17, 15) is 13.2 Å². The fourth-order valence-corrected chi connectivity index (χ4v) is 6.90. The number of fused-ring (bicyclic) bond motifs is 1. The van der Waals surface area contributed by atoms with E-state index in [1.165, 1.54) is 16.4 Å².